The van der Waals surface area contributed by atoms with E-state index in [1.54, 1.807) is 17.3 Å². The molecule has 0 spiro atoms. The van der Waals surface area contributed by atoms with Crippen LogP contribution < -0.4 is 10.2 Å². The van der Waals surface area contributed by atoms with Crippen molar-refractivity contribution in [2.45, 2.75) is 40.2 Å². The smallest absolute Gasteiger partial charge is 0.240 e. The van der Waals surface area contributed by atoms with Crippen molar-refractivity contribution in [2.24, 2.45) is 0 Å². The molecule has 0 atom stereocenters. The number of nitrogens with zero attached hydrogens (tertiary/aromatic N) is 2. The van der Waals surface area contributed by atoms with Crippen LogP contribution in [0, 0.1) is 0 Å². The van der Waals surface area contributed by atoms with Crippen LogP contribution in [0.3, 0.4) is 0 Å². The van der Waals surface area contributed by atoms with Crippen LogP contribution in [0.4, 0.5) is 5.69 Å². The summed E-state index contributed by atoms with van der Waals surface area (Å²) in [7, 11) is 0. The molecular formula is C20H25N3O2. The van der Waals surface area contributed by atoms with Crippen LogP contribution in [-0.4, -0.2) is 23.3 Å². The van der Waals surface area contributed by atoms with E-state index < -0.39 is 0 Å². The van der Waals surface area contributed by atoms with Gasteiger partial charge in [0.25, 0.3) is 0 Å². The monoisotopic (exact) mass is 339 g/mol. The lowest BCUT2D eigenvalue weighted by molar-refractivity contribution is -0.123. The average molecular weight is 339 g/mol. The number of nitrogens with one attached hydrogen (secondary N) is 1. The van der Waals surface area contributed by atoms with Crippen LogP contribution in [0.25, 0.3) is 0 Å². The van der Waals surface area contributed by atoms with Crippen molar-refractivity contribution in [2.75, 3.05) is 11.4 Å². The Morgan fingerprint density at radius 2 is 1.76 bits per heavy atom. The molecule has 2 aromatic rings. The van der Waals surface area contributed by atoms with E-state index in [0.717, 1.165) is 35.2 Å². The summed E-state index contributed by atoms with van der Waals surface area (Å²) in [5.41, 5.74) is 3.95. The summed E-state index contributed by atoms with van der Waals surface area (Å²) in [6.07, 6.45) is 5.02. The zero-order valence-corrected chi connectivity index (χ0v) is 15.1. The van der Waals surface area contributed by atoms with Crippen molar-refractivity contribution in [3.8, 4) is 0 Å². The molecule has 132 valence electrons. The fourth-order valence-electron chi connectivity index (χ4n) is 2.81. The first-order valence-electron chi connectivity index (χ1n) is 8.61. The fraction of sp³-hybridized carbons (Fsp3) is 0.350. The third-order valence-electron chi connectivity index (χ3n) is 4.13. The van der Waals surface area contributed by atoms with E-state index in [1.807, 2.05) is 30.3 Å². The Morgan fingerprint density at radius 1 is 1.08 bits per heavy atom. The molecule has 5 heteroatoms. The number of anilines is 1. The van der Waals surface area contributed by atoms with Gasteiger partial charge in [0.2, 0.25) is 11.8 Å². The van der Waals surface area contributed by atoms with Crippen molar-refractivity contribution in [3.05, 3.63) is 59.4 Å². The van der Waals surface area contributed by atoms with Gasteiger partial charge >= 0.3 is 0 Å². The summed E-state index contributed by atoms with van der Waals surface area (Å²) >= 11 is 0. The summed E-state index contributed by atoms with van der Waals surface area (Å²) in [5.74, 6) is -0.320. The molecule has 0 aliphatic rings. The normalized spacial score (nSPS) is 10.4. The third-order valence-corrected chi connectivity index (χ3v) is 4.13. The Balaban J connectivity index is 2.16. The number of benzene rings is 1. The molecule has 0 bridgehead atoms. The second kappa shape index (κ2) is 8.97. The Bertz CT molecular complexity index is 707. The summed E-state index contributed by atoms with van der Waals surface area (Å²) in [6, 6.07) is 9.75. The molecule has 2 rings (SSSR count). The van der Waals surface area contributed by atoms with E-state index in [-0.39, 0.29) is 18.4 Å². The molecule has 0 fully saturated rings. The van der Waals surface area contributed by atoms with E-state index >= 15 is 0 Å². The highest BCUT2D eigenvalue weighted by atomic mass is 16.2. The van der Waals surface area contributed by atoms with Gasteiger partial charge in [0.05, 0.1) is 5.69 Å². The second-order valence-corrected chi connectivity index (χ2v) is 5.88. The summed E-state index contributed by atoms with van der Waals surface area (Å²) in [4.78, 5) is 30.2. The number of carbonyl (C=O) groups excluding carboxylic acids is 2. The lowest BCUT2D eigenvalue weighted by Gasteiger charge is -2.26. The molecule has 1 N–H and O–H groups in total. The number of amides is 2. The number of hydrogen-bond acceptors (Lipinski definition) is 3. The van der Waals surface area contributed by atoms with Gasteiger partial charge in [-0.1, -0.05) is 38.1 Å². The topological polar surface area (TPSA) is 62.3 Å². The quantitative estimate of drug-likeness (QED) is 0.844. The van der Waals surface area contributed by atoms with Gasteiger partial charge in [-0.15, -0.1) is 0 Å². The van der Waals surface area contributed by atoms with Crippen LogP contribution in [0.1, 0.15) is 37.5 Å². The molecule has 0 radical (unpaired) electrons. The number of aryl methyl sites for hydroxylation is 2. The first kappa shape index (κ1) is 18.6. The van der Waals surface area contributed by atoms with Crippen LogP contribution in [0.2, 0.25) is 0 Å². The first-order chi connectivity index (χ1) is 12.1. The fourth-order valence-corrected chi connectivity index (χ4v) is 2.81. The minimum absolute atomic E-state index is 0.0135. The highest BCUT2D eigenvalue weighted by molar-refractivity contribution is 5.98. The van der Waals surface area contributed by atoms with Gasteiger partial charge < -0.3 is 10.2 Å². The molecule has 1 heterocycles. The SMILES string of the molecule is CCc1cccc(CC)c1N(CC(=O)NCc1cccnc1)C(C)=O. The third kappa shape index (κ3) is 4.89. The van der Waals surface area contributed by atoms with E-state index in [9.17, 15) is 9.59 Å². The lowest BCUT2D eigenvalue weighted by atomic mass is 10.0. The van der Waals surface area contributed by atoms with E-state index in [4.69, 9.17) is 0 Å². The number of hydrogen-bond donors (Lipinski definition) is 1. The molecule has 5 nitrogen and oxygen atoms in total. The molecule has 1 aromatic heterocycles. The second-order valence-electron chi connectivity index (χ2n) is 5.88. The minimum atomic E-state index is -0.188. The van der Waals surface area contributed by atoms with Gasteiger partial charge in [-0.3, -0.25) is 14.6 Å². The van der Waals surface area contributed by atoms with Crippen molar-refractivity contribution < 1.29 is 9.59 Å². The maximum Gasteiger partial charge on any atom is 0.240 e. The number of pyridine rings is 1. The Hall–Kier alpha value is -2.69. The zero-order valence-electron chi connectivity index (χ0n) is 15.1. The molecule has 0 aliphatic carbocycles. The van der Waals surface area contributed by atoms with Crippen molar-refractivity contribution in [1.82, 2.24) is 10.3 Å². The van der Waals surface area contributed by atoms with Crippen LogP contribution in [-0.2, 0) is 29.0 Å². The van der Waals surface area contributed by atoms with Gasteiger partial charge in [0, 0.05) is 25.9 Å². The molecular weight excluding hydrogens is 314 g/mol. The molecule has 0 saturated carbocycles. The predicted molar refractivity (Wildman–Crippen MR) is 99.3 cm³/mol. The van der Waals surface area contributed by atoms with E-state index in [2.05, 4.69) is 24.1 Å². The van der Waals surface area contributed by atoms with Gasteiger partial charge in [0.15, 0.2) is 0 Å². The van der Waals surface area contributed by atoms with Gasteiger partial charge in [-0.25, -0.2) is 0 Å². The first-order valence-corrected chi connectivity index (χ1v) is 8.61. The maximum absolute atomic E-state index is 12.4. The Morgan fingerprint density at radius 3 is 2.28 bits per heavy atom. The molecule has 0 unspecified atom stereocenters. The Kier molecular flexibility index (Phi) is 6.69. The molecule has 1 aromatic carbocycles. The van der Waals surface area contributed by atoms with Gasteiger partial charge in [-0.05, 0) is 35.6 Å². The predicted octanol–water partition coefficient (Wildman–Crippen LogP) is 2.88. The summed E-state index contributed by atoms with van der Waals surface area (Å²) < 4.78 is 0. The van der Waals surface area contributed by atoms with Crippen LogP contribution >= 0.6 is 0 Å². The average Bonchev–Trinajstić information content (AvgIpc) is 2.64. The standard InChI is InChI=1S/C20H25N3O2/c1-4-17-9-6-10-18(5-2)20(17)23(15(3)24)14-19(25)22-13-16-8-7-11-21-12-16/h6-12H,4-5,13-14H2,1-3H3,(H,22,25). The molecule has 2 amide bonds. The number of para-hydroxylation sites is 1. The number of carbonyl (C=O) groups is 2. The van der Waals surface area contributed by atoms with Crippen molar-refractivity contribution in [1.29, 1.82) is 0 Å². The largest absolute Gasteiger partial charge is 0.350 e. The minimum Gasteiger partial charge on any atom is -0.350 e. The molecule has 0 aliphatic heterocycles. The zero-order chi connectivity index (χ0) is 18.2. The maximum atomic E-state index is 12.4. The van der Waals surface area contributed by atoms with Crippen molar-refractivity contribution >= 4 is 17.5 Å². The van der Waals surface area contributed by atoms with Gasteiger partial charge in [0.1, 0.15) is 6.54 Å². The highest BCUT2D eigenvalue weighted by Crippen LogP contribution is 2.27. The summed E-state index contributed by atoms with van der Waals surface area (Å²) in [6.45, 7) is 6.02. The highest BCUT2D eigenvalue weighted by Gasteiger charge is 2.20. The van der Waals surface area contributed by atoms with Gasteiger partial charge in [-0.2, -0.15) is 0 Å². The number of rotatable bonds is 7. The van der Waals surface area contributed by atoms with Crippen LogP contribution in [0.5, 0.6) is 0 Å². The molecule has 0 saturated heterocycles. The summed E-state index contributed by atoms with van der Waals surface area (Å²) in [5, 5.41) is 2.86. The molecule has 25 heavy (non-hydrogen) atoms. The van der Waals surface area contributed by atoms with E-state index in [1.165, 1.54) is 6.92 Å². The lowest BCUT2D eigenvalue weighted by Crippen LogP contribution is -2.40. The van der Waals surface area contributed by atoms with Crippen molar-refractivity contribution in [3.63, 3.8) is 0 Å². The Labute approximate surface area is 149 Å². The van der Waals surface area contributed by atoms with Crippen LogP contribution in [0.15, 0.2) is 42.7 Å². The number of aromatic nitrogens is 1. The van der Waals surface area contributed by atoms with E-state index in [0.29, 0.717) is 6.54 Å².